The van der Waals surface area contributed by atoms with E-state index in [0.29, 0.717) is 12.6 Å². The van der Waals surface area contributed by atoms with Crippen LogP contribution in [0.25, 0.3) is 0 Å². The molecule has 1 aliphatic heterocycles. The second-order valence-electron chi connectivity index (χ2n) is 5.06. The average molecular weight is 263 g/mol. The smallest absolute Gasteiger partial charge is 0.273 e. The Morgan fingerprint density at radius 2 is 2.21 bits per heavy atom. The molecule has 0 amide bonds. The van der Waals surface area contributed by atoms with Crippen LogP contribution in [0.3, 0.4) is 0 Å². The van der Waals surface area contributed by atoms with Gasteiger partial charge in [-0.15, -0.1) is 0 Å². The number of likely N-dealkylation sites (tertiary alicyclic amines) is 1. The fraction of sp³-hybridized carbons (Fsp3) is 0.571. The van der Waals surface area contributed by atoms with Gasteiger partial charge in [0.1, 0.15) is 0 Å². The number of rotatable bonds is 5. The zero-order chi connectivity index (χ0) is 13.7. The fourth-order valence-electron chi connectivity index (χ4n) is 2.78. The number of para-hydroxylation sites is 1. The molecule has 1 unspecified atom stereocenters. The maximum atomic E-state index is 11.0. The third-order valence-electron chi connectivity index (χ3n) is 3.75. The zero-order valence-electron chi connectivity index (χ0n) is 11.3. The predicted octanol–water partition coefficient (Wildman–Crippen LogP) is 2.17. The molecule has 19 heavy (non-hydrogen) atoms. The topological polar surface area (TPSA) is 58.4 Å². The van der Waals surface area contributed by atoms with Crippen LogP contribution in [-0.4, -0.2) is 36.0 Å². The van der Waals surface area contributed by atoms with Gasteiger partial charge in [-0.2, -0.15) is 0 Å². The van der Waals surface area contributed by atoms with Gasteiger partial charge in [0.2, 0.25) is 0 Å². The van der Waals surface area contributed by atoms with Crippen LogP contribution < -0.4 is 5.32 Å². The van der Waals surface area contributed by atoms with E-state index >= 15 is 0 Å². The standard InChI is InChI=1S/C14H21N3O2/c1-15-10-13-7-4-5-9-16(13)11-12-6-2-3-8-14(12)17(18)19/h2-3,6,8,13,15H,4-5,7,9-11H2,1H3. The predicted molar refractivity (Wildman–Crippen MR) is 75.1 cm³/mol. The number of hydrogen-bond acceptors (Lipinski definition) is 4. The average Bonchev–Trinajstić information content (AvgIpc) is 2.42. The van der Waals surface area contributed by atoms with E-state index in [0.717, 1.165) is 18.7 Å². The van der Waals surface area contributed by atoms with Gasteiger partial charge in [-0.25, -0.2) is 0 Å². The first kappa shape index (κ1) is 14.0. The molecule has 5 nitrogen and oxygen atoms in total. The monoisotopic (exact) mass is 263 g/mol. The molecule has 1 fully saturated rings. The first-order valence-corrected chi connectivity index (χ1v) is 6.83. The summed E-state index contributed by atoms with van der Waals surface area (Å²) in [5.41, 5.74) is 1.05. The Morgan fingerprint density at radius 1 is 1.42 bits per heavy atom. The number of nitro benzene ring substituents is 1. The van der Waals surface area contributed by atoms with Crippen LogP contribution in [0, 0.1) is 10.1 Å². The molecule has 1 saturated heterocycles. The van der Waals surface area contributed by atoms with Crippen molar-refractivity contribution in [2.45, 2.75) is 31.8 Å². The van der Waals surface area contributed by atoms with Crippen LogP contribution in [0.2, 0.25) is 0 Å². The van der Waals surface area contributed by atoms with Crippen molar-refractivity contribution in [3.63, 3.8) is 0 Å². The summed E-state index contributed by atoms with van der Waals surface area (Å²) in [6, 6.07) is 7.54. The summed E-state index contributed by atoms with van der Waals surface area (Å²) in [6.45, 7) is 2.64. The lowest BCUT2D eigenvalue weighted by molar-refractivity contribution is -0.385. The minimum atomic E-state index is -0.285. The minimum absolute atomic E-state index is 0.233. The van der Waals surface area contributed by atoms with Crippen molar-refractivity contribution in [3.05, 3.63) is 39.9 Å². The molecule has 104 valence electrons. The lowest BCUT2D eigenvalue weighted by Crippen LogP contribution is -2.44. The molecule has 0 saturated carbocycles. The first-order chi connectivity index (χ1) is 9.22. The van der Waals surface area contributed by atoms with E-state index in [1.54, 1.807) is 12.1 Å². The number of nitrogens with zero attached hydrogens (tertiary/aromatic N) is 2. The first-order valence-electron chi connectivity index (χ1n) is 6.83. The van der Waals surface area contributed by atoms with Crippen LogP contribution >= 0.6 is 0 Å². The van der Waals surface area contributed by atoms with E-state index in [1.807, 2.05) is 19.2 Å². The van der Waals surface area contributed by atoms with Crippen molar-refractivity contribution < 1.29 is 4.92 Å². The van der Waals surface area contributed by atoms with Gasteiger partial charge in [0.15, 0.2) is 0 Å². The Hall–Kier alpha value is -1.46. The zero-order valence-corrected chi connectivity index (χ0v) is 11.3. The lowest BCUT2D eigenvalue weighted by Gasteiger charge is -2.35. The van der Waals surface area contributed by atoms with Gasteiger partial charge >= 0.3 is 0 Å². The lowest BCUT2D eigenvalue weighted by atomic mass is 10.0. The molecular formula is C14H21N3O2. The normalized spacial score (nSPS) is 20.4. The second kappa shape index (κ2) is 6.63. The van der Waals surface area contributed by atoms with E-state index < -0.39 is 0 Å². The Balaban J connectivity index is 2.12. The Morgan fingerprint density at radius 3 is 2.95 bits per heavy atom. The maximum Gasteiger partial charge on any atom is 0.273 e. The van der Waals surface area contributed by atoms with Gasteiger partial charge in [0.25, 0.3) is 5.69 Å². The fourth-order valence-corrected chi connectivity index (χ4v) is 2.78. The maximum absolute atomic E-state index is 11.0. The third kappa shape index (κ3) is 3.52. The van der Waals surface area contributed by atoms with Crippen molar-refractivity contribution in [2.24, 2.45) is 0 Å². The van der Waals surface area contributed by atoms with Gasteiger partial charge in [-0.3, -0.25) is 15.0 Å². The highest BCUT2D eigenvalue weighted by atomic mass is 16.6. The highest BCUT2D eigenvalue weighted by molar-refractivity contribution is 5.39. The van der Waals surface area contributed by atoms with E-state index in [4.69, 9.17) is 0 Å². The molecule has 0 bridgehead atoms. The number of benzene rings is 1. The van der Waals surface area contributed by atoms with Crippen molar-refractivity contribution in [3.8, 4) is 0 Å². The summed E-state index contributed by atoms with van der Waals surface area (Å²) >= 11 is 0. The molecule has 1 aromatic carbocycles. The number of nitrogens with one attached hydrogen (secondary N) is 1. The van der Waals surface area contributed by atoms with E-state index in [9.17, 15) is 10.1 Å². The number of hydrogen-bond donors (Lipinski definition) is 1. The molecule has 0 radical (unpaired) electrons. The van der Waals surface area contributed by atoms with E-state index in [-0.39, 0.29) is 10.6 Å². The van der Waals surface area contributed by atoms with Crippen LogP contribution in [0.1, 0.15) is 24.8 Å². The molecule has 5 heteroatoms. The number of piperidine rings is 1. The molecule has 0 aliphatic carbocycles. The molecule has 0 spiro atoms. The molecule has 0 aromatic heterocycles. The van der Waals surface area contributed by atoms with Gasteiger partial charge in [-0.1, -0.05) is 24.6 Å². The summed E-state index contributed by atoms with van der Waals surface area (Å²) in [4.78, 5) is 13.1. The van der Waals surface area contributed by atoms with Crippen LogP contribution in [0.15, 0.2) is 24.3 Å². The van der Waals surface area contributed by atoms with Crippen molar-refractivity contribution in [2.75, 3.05) is 20.1 Å². The van der Waals surface area contributed by atoms with Gasteiger partial charge in [0.05, 0.1) is 4.92 Å². The summed E-state index contributed by atoms with van der Waals surface area (Å²) < 4.78 is 0. The highest BCUT2D eigenvalue weighted by Gasteiger charge is 2.24. The molecule has 2 rings (SSSR count). The number of nitro groups is 1. The largest absolute Gasteiger partial charge is 0.318 e. The van der Waals surface area contributed by atoms with Crippen LogP contribution in [0.5, 0.6) is 0 Å². The number of likely N-dealkylation sites (N-methyl/N-ethyl adjacent to an activating group) is 1. The highest BCUT2D eigenvalue weighted by Crippen LogP contribution is 2.24. The van der Waals surface area contributed by atoms with Crippen LogP contribution in [0.4, 0.5) is 5.69 Å². The van der Waals surface area contributed by atoms with E-state index in [2.05, 4.69) is 10.2 Å². The van der Waals surface area contributed by atoms with Gasteiger partial charge in [-0.05, 0) is 26.4 Å². The van der Waals surface area contributed by atoms with Crippen LogP contribution in [-0.2, 0) is 6.54 Å². The molecule has 1 N–H and O–H groups in total. The Labute approximate surface area is 113 Å². The van der Waals surface area contributed by atoms with Crippen molar-refractivity contribution in [1.29, 1.82) is 0 Å². The SMILES string of the molecule is CNCC1CCCCN1Cc1ccccc1[N+](=O)[O-]. The Kier molecular flexibility index (Phi) is 4.87. The molecule has 1 atom stereocenters. The summed E-state index contributed by atoms with van der Waals surface area (Å²) in [5.74, 6) is 0. The van der Waals surface area contributed by atoms with Crippen molar-refractivity contribution >= 4 is 5.69 Å². The van der Waals surface area contributed by atoms with Gasteiger partial charge in [0, 0.05) is 30.8 Å². The summed E-state index contributed by atoms with van der Waals surface area (Å²) in [6.07, 6.45) is 3.60. The summed E-state index contributed by atoms with van der Waals surface area (Å²) in [7, 11) is 1.96. The Bertz CT molecular complexity index is 434. The second-order valence-corrected chi connectivity index (χ2v) is 5.06. The van der Waals surface area contributed by atoms with E-state index in [1.165, 1.54) is 19.3 Å². The van der Waals surface area contributed by atoms with Crippen molar-refractivity contribution in [1.82, 2.24) is 10.2 Å². The van der Waals surface area contributed by atoms with Gasteiger partial charge < -0.3 is 5.32 Å². The molecule has 1 aliphatic rings. The molecule has 1 heterocycles. The molecular weight excluding hydrogens is 242 g/mol. The molecule has 1 aromatic rings. The quantitative estimate of drug-likeness (QED) is 0.653. The minimum Gasteiger partial charge on any atom is -0.318 e. The summed E-state index contributed by atoms with van der Waals surface area (Å²) in [5, 5.41) is 14.3. The third-order valence-corrected chi connectivity index (χ3v) is 3.75.